The number of alkyl halides is 1. The van der Waals surface area contributed by atoms with Crippen molar-refractivity contribution in [2.75, 3.05) is 5.88 Å². The lowest BCUT2D eigenvalue weighted by Crippen LogP contribution is -2.24. The zero-order valence-electron chi connectivity index (χ0n) is 8.83. The molecule has 0 saturated heterocycles. The summed E-state index contributed by atoms with van der Waals surface area (Å²) in [4.78, 5) is 0. The first-order valence-corrected chi connectivity index (χ1v) is 5.71. The molecule has 1 heterocycles. The van der Waals surface area contributed by atoms with E-state index in [1.165, 1.54) is 18.4 Å². The average Bonchev–Trinajstić information content (AvgIpc) is 2.93. The van der Waals surface area contributed by atoms with Crippen molar-refractivity contribution < 1.29 is 0 Å². The minimum absolute atomic E-state index is 0.282. The van der Waals surface area contributed by atoms with Gasteiger partial charge in [0.25, 0.3) is 0 Å². The van der Waals surface area contributed by atoms with Gasteiger partial charge in [0, 0.05) is 19.1 Å². The van der Waals surface area contributed by atoms with E-state index < -0.39 is 0 Å². The summed E-state index contributed by atoms with van der Waals surface area (Å²) >= 11 is 6.07. The van der Waals surface area contributed by atoms with Crippen LogP contribution in [-0.4, -0.2) is 15.7 Å². The Morgan fingerprint density at radius 1 is 1.64 bits per heavy atom. The van der Waals surface area contributed by atoms with E-state index in [1.807, 2.05) is 17.9 Å². The number of hydrogen-bond donors (Lipinski definition) is 0. The van der Waals surface area contributed by atoms with Crippen LogP contribution in [0.4, 0.5) is 0 Å². The van der Waals surface area contributed by atoms with Gasteiger partial charge in [-0.15, -0.1) is 11.6 Å². The summed E-state index contributed by atoms with van der Waals surface area (Å²) in [6, 6.07) is 0. The van der Waals surface area contributed by atoms with Crippen LogP contribution in [0.5, 0.6) is 0 Å². The second-order valence-electron chi connectivity index (χ2n) is 4.76. The van der Waals surface area contributed by atoms with E-state index in [0.29, 0.717) is 0 Å². The molecule has 1 fully saturated rings. The highest BCUT2D eigenvalue weighted by Crippen LogP contribution is 2.47. The summed E-state index contributed by atoms with van der Waals surface area (Å²) in [5, 5.41) is 4.19. The third-order valence-electron chi connectivity index (χ3n) is 3.23. The molecule has 1 aliphatic carbocycles. The zero-order chi connectivity index (χ0) is 10.2. The van der Waals surface area contributed by atoms with Crippen molar-refractivity contribution >= 4 is 11.6 Å². The Labute approximate surface area is 90.3 Å². The molecule has 1 aromatic rings. The fourth-order valence-electron chi connectivity index (χ4n) is 2.11. The van der Waals surface area contributed by atoms with Gasteiger partial charge >= 0.3 is 0 Å². The highest BCUT2D eigenvalue weighted by Gasteiger charge is 2.40. The summed E-state index contributed by atoms with van der Waals surface area (Å²) in [5.41, 5.74) is 1.59. The van der Waals surface area contributed by atoms with Crippen LogP contribution in [-0.2, 0) is 13.5 Å². The average molecular weight is 213 g/mol. The molecule has 0 bridgehead atoms. The van der Waals surface area contributed by atoms with Crippen LogP contribution in [0.1, 0.15) is 25.3 Å². The molecule has 2 rings (SSSR count). The third-order valence-corrected chi connectivity index (χ3v) is 3.85. The van der Waals surface area contributed by atoms with Crippen molar-refractivity contribution in [1.82, 2.24) is 9.78 Å². The van der Waals surface area contributed by atoms with E-state index in [2.05, 4.69) is 18.2 Å². The van der Waals surface area contributed by atoms with Gasteiger partial charge in [0.1, 0.15) is 0 Å². The summed E-state index contributed by atoms with van der Waals surface area (Å²) in [7, 11) is 1.96. The molecule has 0 amide bonds. The first kappa shape index (κ1) is 10.0. The summed E-state index contributed by atoms with van der Waals surface area (Å²) in [5.74, 6) is 1.59. The molecule has 1 aliphatic rings. The molecule has 1 atom stereocenters. The molecular weight excluding hydrogens is 196 g/mol. The predicted molar refractivity (Wildman–Crippen MR) is 58.5 cm³/mol. The molecule has 2 nitrogen and oxygen atoms in total. The Balaban J connectivity index is 2.07. The normalized spacial score (nSPS) is 20.8. The van der Waals surface area contributed by atoms with Gasteiger partial charge in [-0.3, -0.25) is 4.68 Å². The number of nitrogens with zero attached hydrogens (tertiary/aromatic N) is 2. The number of halogens is 1. The van der Waals surface area contributed by atoms with Crippen LogP contribution in [0.25, 0.3) is 0 Å². The summed E-state index contributed by atoms with van der Waals surface area (Å²) in [6.45, 7) is 2.30. The second-order valence-corrected chi connectivity index (χ2v) is 5.03. The molecule has 0 aromatic carbocycles. The van der Waals surface area contributed by atoms with Gasteiger partial charge < -0.3 is 0 Å². The van der Waals surface area contributed by atoms with Crippen molar-refractivity contribution in [3.8, 4) is 0 Å². The Morgan fingerprint density at radius 3 is 2.79 bits per heavy atom. The number of aryl methyl sites for hydroxylation is 1. The molecule has 0 aliphatic heterocycles. The van der Waals surface area contributed by atoms with E-state index in [0.717, 1.165) is 18.2 Å². The van der Waals surface area contributed by atoms with E-state index in [1.54, 1.807) is 0 Å². The lowest BCUT2D eigenvalue weighted by atomic mass is 9.81. The quantitative estimate of drug-likeness (QED) is 0.702. The van der Waals surface area contributed by atoms with Crippen LogP contribution in [0.3, 0.4) is 0 Å². The van der Waals surface area contributed by atoms with E-state index in [9.17, 15) is 0 Å². The van der Waals surface area contributed by atoms with Crippen molar-refractivity contribution in [3.05, 3.63) is 18.0 Å². The Hall–Kier alpha value is -0.500. The fourth-order valence-corrected chi connectivity index (χ4v) is 2.42. The first-order valence-electron chi connectivity index (χ1n) is 5.17. The van der Waals surface area contributed by atoms with Gasteiger partial charge in [-0.1, -0.05) is 6.92 Å². The van der Waals surface area contributed by atoms with Crippen molar-refractivity contribution in [3.63, 3.8) is 0 Å². The molecule has 0 spiro atoms. The molecule has 0 N–H and O–H groups in total. The van der Waals surface area contributed by atoms with Crippen molar-refractivity contribution in [2.24, 2.45) is 18.4 Å². The van der Waals surface area contributed by atoms with Gasteiger partial charge in [0.05, 0.1) is 6.20 Å². The number of rotatable bonds is 4. The highest BCUT2D eigenvalue weighted by atomic mass is 35.5. The van der Waals surface area contributed by atoms with Gasteiger partial charge in [0.15, 0.2) is 0 Å². The van der Waals surface area contributed by atoms with E-state index in [4.69, 9.17) is 11.6 Å². The van der Waals surface area contributed by atoms with Crippen LogP contribution in [0.15, 0.2) is 12.4 Å². The molecule has 3 heteroatoms. The lowest BCUT2D eigenvalue weighted by Gasteiger charge is -2.26. The monoisotopic (exact) mass is 212 g/mol. The van der Waals surface area contributed by atoms with Gasteiger partial charge in [-0.05, 0) is 36.2 Å². The molecule has 0 radical (unpaired) electrons. The maximum Gasteiger partial charge on any atom is 0.0521 e. The molecule has 14 heavy (non-hydrogen) atoms. The lowest BCUT2D eigenvalue weighted by molar-refractivity contribution is 0.313. The maximum atomic E-state index is 6.07. The standard InChI is InChI=1S/C11H17ClN2/c1-11(8-12,10-3-4-10)5-9-6-13-14(2)7-9/h6-7,10H,3-5,8H2,1-2H3. The smallest absolute Gasteiger partial charge is 0.0521 e. The molecule has 1 aromatic heterocycles. The van der Waals surface area contributed by atoms with Crippen LogP contribution >= 0.6 is 11.6 Å². The third kappa shape index (κ3) is 1.95. The van der Waals surface area contributed by atoms with Crippen molar-refractivity contribution in [1.29, 1.82) is 0 Å². The zero-order valence-corrected chi connectivity index (χ0v) is 9.59. The Bertz CT molecular complexity index is 317. The van der Waals surface area contributed by atoms with Gasteiger partial charge in [-0.25, -0.2) is 0 Å². The Morgan fingerprint density at radius 2 is 2.36 bits per heavy atom. The van der Waals surface area contributed by atoms with Gasteiger partial charge in [-0.2, -0.15) is 5.10 Å². The molecule has 1 saturated carbocycles. The number of hydrogen-bond acceptors (Lipinski definition) is 1. The largest absolute Gasteiger partial charge is 0.276 e. The number of aromatic nitrogens is 2. The first-order chi connectivity index (χ1) is 6.64. The summed E-state index contributed by atoms with van der Waals surface area (Å²) in [6.07, 6.45) is 7.81. The summed E-state index contributed by atoms with van der Waals surface area (Å²) < 4.78 is 1.86. The predicted octanol–water partition coefficient (Wildman–Crippen LogP) is 2.62. The molecule has 78 valence electrons. The van der Waals surface area contributed by atoms with E-state index >= 15 is 0 Å². The van der Waals surface area contributed by atoms with Crippen molar-refractivity contribution in [2.45, 2.75) is 26.2 Å². The second kappa shape index (κ2) is 3.58. The van der Waals surface area contributed by atoms with Crippen LogP contribution < -0.4 is 0 Å². The maximum absolute atomic E-state index is 6.07. The molecular formula is C11H17ClN2. The van der Waals surface area contributed by atoms with E-state index in [-0.39, 0.29) is 5.41 Å². The van der Waals surface area contributed by atoms with Gasteiger partial charge in [0.2, 0.25) is 0 Å². The minimum Gasteiger partial charge on any atom is -0.276 e. The SMILES string of the molecule is Cn1cc(CC(C)(CCl)C2CC2)cn1. The fraction of sp³-hybridized carbons (Fsp3) is 0.727. The minimum atomic E-state index is 0.282. The van der Waals surface area contributed by atoms with Crippen LogP contribution in [0.2, 0.25) is 0 Å². The van der Waals surface area contributed by atoms with Crippen LogP contribution in [0, 0.1) is 11.3 Å². The Kier molecular flexibility index (Phi) is 2.56. The topological polar surface area (TPSA) is 17.8 Å². The molecule has 1 unspecified atom stereocenters. The highest BCUT2D eigenvalue weighted by molar-refractivity contribution is 6.18.